The number of halogens is 2. The van der Waals surface area contributed by atoms with Gasteiger partial charge in [-0.3, -0.25) is 0 Å². The summed E-state index contributed by atoms with van der Waals surface area (Å²) < 4.78 is 13.9. The molecule has 0 bridgehead atoms. The summed E-state index contributed by atoms with van der Waals surface area (Å²) in [5.74, 6) is 0.582. The van der Waals surface area contributed by atoms with Crippen LogP contribution in [-0.2, 0) is 6.42 Å². The van der Waals surface area contributed by atoms with Gasteiger partial charge in [-0.2, -0.15) is 0 Å². The number of benzene rings is 1. The first kappa shape index (κ1) is 14.0. The quantitative estimate of drug-likeness (QED) is 0.803. The van der Waals surface area contributed by atoms with Crippen molar-refractivity contribution in [1.29, 1.82) is 0 Å². The Labute approximate surface area is 117 Å². The summed E-state index contributed by atoms with van der Waals surface area (Å²) in [5, 5.41) is 0. The molecule has 2 atom stereocenters. The van der Waals surface area contributed by atoms with Crippen LogP contribution in [-0.4, -0.2) is 5.54 Å². The van der Waals surface area contributed by atoms with Gasteiger partial charge < -0.3 is 5.73 Å². The van der Waals surface area contributed by atoms with E-state index in [2.05, 4.69) is 22.9 Å². The van der Waals surface area contributed by atoms with Crippen LogP contribution in [0.15, 0.2) is 22.7 Å². The molecular weight excluding hydrogens is 293 g/mol. The van der Waals surface area contributed by atoms with E-state index >= 15 is 0 Å². The van der Waals surface area contributed by atoms with Gasteiger partial charge >= 0.3 is 0 Å². The fraction of sp³-hybridized carbons (Fsp3) is 0.600. The van der Waals surface area contributed by atoms with Gasteiger partial charge in [0, 0.05) is 10.0 Å². The van der Waals surface area contributed by atoms with Crippen LogP contribution < -0.4 is 5.73 Å². The molecule has 3 heteroatoms. The molecule has 0 radical (unpaired) electrons. The van der Waals surface area contributed by atoms with Crippen molar-refractivity contribution in [3.05, 3.63) is 34.1 Å². The van der Waals surface area contributed by atoms with Crippen molar-refractivity contribution in [3.8, 4) is 0 Å². The molecular formula is C15H21BrFN. The molecule has 2 N–H and O–H groups in total. The monoisotopic (exact) mass is 313 g/mol. The zero-order valence-corrected chi connectivity index (χ0v) is 12.5. The third-order valence-corrected chi connectivity index (χ3v) is 4.80. The highest BCUT2D eigenvalue weighted by molar-refractivity contribution is 9.10. The van der Waals surface area contributed by atoms with E-state index in [0.29, 0.717) is 0 Å². The molecule has 0 spiro atoms. The van der Waals surface area contributed by atoms with E-state index in [4.69, 9.17) is 5.73 Å². The van der Waals surface area contributed by atoms with Crippen molar-refractivity contribution in [3.63, 3.8) is 0 Å². The molecule has 1 fully saturated rings. The first-order valence-corrected chi connectivity index (χ1v) is 7.51. The van der Waals surface area contributed by atoms with Crippen LogP contribution in [0.5, 0.6) is 0 Å². The lowest BCUT2D eigenvalue weighted by Crippen LogP contribution is -2.41. The fourth-order valence-electron chi connectivity index (χ4n) is 2.83. The molecule has 2 unspecified atom stereocenters. The Morgan fingerprint density at radius 1 is 1.39 bits per heavy atom. The van der Waals surface area contributed by atoms with E-state index in [1.807, 2.05) is 6.07 Å². The van der Waals surface area contributed by atoms with Crippen LogP contribution in [0.2, 0.25) is 0 Å². The summed E-state index contributed by atoms with van der Waals surface area (Å²) in [6.07, 6.45) is 6.66. The molecule has 0 aliphatic heterocycles. The molecule has 1 aliphatic rings. The second-order valence-corrected chi connectivity index (χ2v) is 6.67. The lowest BCUT2D eigenvalue weighted by molar-refractivity contribution is 0.362. The van der Waals surface area contributed by atoms with E-state index in [1.165, 1.54) is 31.4 Å². The van der Waals surface area contributed by atoms with Crippen molar-refractivity contribution in [2.45, 2.75) is 51.0 Å². The van der Waals surface area contributed by atoms with Gasteiger partial charge in [0.2, 0.25) is 0 Å². The Balaban J connectivity index is 2.11. The lowest BCUT2D eigenvalue weighted by Gasteiger charge is -2.28. The molecule has 18 heavy (non-hydrogen) atoms. The molecule has 1 aromatic rings. The highest BCUT2D eigenvalue weighted by Crippen LogP contribution is 2.32. The maximum absolute atomic E-state index is 13.1. The Hall–Kier alpha value is -0.410. The summed E-state index contributed by atoms with van der Waals surface area (Å²) >= 11 is 3.43. The first-order valence-electron chi connectivity index (χ1n) is 6.71. The van der Waals surface area contributed by atoms with Gasteiger partial charge in [-0.15, -0.1) is 0 Å². The van der Waals surface area contributed by atoms with E-state index in [-0.39, 0.29) is 11.4 Å². The standard InChI is InChI=1S/C15H21BrFN/c1-11-3-2-7-15(18,8-6-11)10-12-4-5-13(17)9-14(12)16/h4-5,9,11H,2-3,6-8,10,18H2,1H3. The van der Waals surface area contributed by atoms with Crippen molar-refractivity contribution < 1.29 is 4.39 Å². The van der Waals surface area contributed by atoms with Crippen LogP contribution >= 0.6 is 15.9 Å². The van der Waals surface area contributed by atoms with E-state index in [9.17, 15) is 4.39 Å². The van der Waals surface area contributed by atoms with Gasteiger partial charge in [-0.1, -0.05) is 41.8 Å². The van der Waals surface area contributed by atoms with Crippen LogP contribution in [0.3, 0.4) is 0 Å². The smallest absolute Gasteiger partial charge is 0.124 e. The second kappa shape index (κ2) is 5.70. The highest BCUT2D eigenvalue weighted by atomic mass is 79.9. The highest BCUT2D eigenvalue weighted by Gasteiger charge is 2.28. The third-order valence-electron chi connectivity index (χ3n) is 4.06. The second-order valence-electron chi connectivity index (χ2n) is 5.81. The summed E-state index contributed by atoms with van der Waals surface area (Å²) in [6.45, 7) is 2.31. The van der Waals surface area contributed by atoms with Gasteiger partial charge in [-0.05, 0) is 49.3 Å². The largest absolute Gasteiger partial charge is 0.325 e. The fourth-order valence-corrected chi connectivity index (χ4v) is 3.32. The molecule has 0 amide bonds. The van der Waals surface area contributed by atoms with Crippen molar-refractivity contribution in [2.75, 3.05) is 0 Å². The van der Waals surface area contributed by atoms with Crippen molar-refractivity contribution in [2.24, 2.45) is 11.7 Å². The zero-order chi connectivity index (χ0) is 13.2. The maximum Gasteiger partial charge on any atom is 0.124 e. The summed E-state index contributed by atoms with van der Waals surface area (Å²) in [4.78, 5) is 0. The molecule has 1 aromatic carbocycles. The van der Waals surface area contributed by atoms with Crippen LogP contribution in [0.1, 0.15) is 44.6 Å². The van der Waals surface area contributed by atoms with E-state index in [1.54, 1.807) is 0 Å². The number of hydrogen-bond acceptors (Lipinski definition) is 1. The Morgan fingerprint density at radius 2 is 2.17 bits per heavy atom. The van der Waals surface area contributed by atoms with Crippen LogP contribution in [0.25, 0.3) is 0 Å². The van der Waals surface area contributed by atoms with Gasteiger partial charge in [0.1, 0.15) is 5.82 Å². The maximum atomic E-state index is 13.1. The molecule has 2 rings (SSSR count). The lowest BCUT2D eigenvalue weighted by atomic mass is 9.84. The summed E-state index contributed by atoms with van der Waals surface area (Å²) in [7, 11) is 0. The first-order chi connectivity index (χ1) is 8.48. The van der Waals surface area contributed by atoms with E-state index in [0.717, 1.165) is 35.2 Å². The van der Waals surface area contributed by atoms with Crippen molar-refractivity contribution in [1.82, 2.24) is 0 Å². The van der Waals surface area contributed by atoms with Gasteiger partial charge in [0.15, 0.2) is 0 Å². The molecule has 0 aromatic heterocycles. The predicted molar refractivity (Wildman–Crippen MR) is 77.0 cm³/mol. The zero-order valence-electron chi connectivity index (χ0n) is 10.9. The number of rotatable bonds is 2. The van der Waals surface area contributed by atoms with Gasteiger partial charge in [0.25, 0.3) is 0 Å². The molecule has 1 nitrogen and oxygen atoms in total. The molecule has 0 saturated heterocycles. The van der Waals surface area contributed by atoms with Gasteiger partial charge in [-0.25, -0.2) is 4.39 Å². The molecule has 0 heterocycles. The van der Waals surface area contributed by atoms with E-state index < -0.39 is 0 Å². The Morgan fingerprint density at radius 3 is 2.89 bits per heavy atom. The number of nitrogens with two attached hydrogens (primary N) is 1. The van der Waals surface area contributed by atoms with Crippen LogP contribution in [0, 0.1) is 11.7 Å². The Kier molecular flexibility index (Phi) is 4.44. The normalized spacial score (nSPS) is 29.0. The van der Waals surface area contributed by atoms with Crippen LogP contribution in [0.4, 0.5) is 4.39 Å². The third kappa shape index (κ3) is 3.55. The molecule has 1 aliphatic carbocycles. The summed E-state index contributed by atoms with van der Waals surface area (Å²) in [6, 6.07) is 4.89. The Bertz CT molecular complexity index is 421. The average Bonchev–Trinajstić information content (AvgIpc) is 2.46. The minimum absolute atomic E-state index is 0.120. The SMILES string of the molecule is CC1CCCC(N)(Cc2ccc(F)cc2Br)CC1. The molecule has 1 saturated carbocycles. The number of hydrogen-bond donors (Lipinski definition) is 1. The van der Waals surface area contributed by atoms with Crippen molar-refractivity contribution >= 4 is 15.9 Å². The minimum Gasteiger partial charge on any atom is -0.325 e. The molecule has 100 valence electrons. The van der Waals surface area contributed by atoms with Gasteiger partial charge in [0.05, 0.1) is 0 Å². The topological polar surface area (TPSA) is 26.0 Å². The minimum atomic E-state index is -0.203. The predicted octanol–water partition coefficient (Wildman–Crippen LogP) is 4.43. The average molecular weight is 314 g/mol. The summed E-state index contributed by atoms with van der Waals surface area (Å²) in [5.41, 5.74) is 7.54.